The third kappa shape index (κ3) is 4.24. The van der Waals surface area contributed by atoms with E-state index in [9.17, 15) is 4.79 Å². The van der Waals surface area contributed by atoms with Crippen LogP contribution in [0.5, 0.6) is 0 Å². The first kappa shape index (κ1) is 13.8. The van der Waals surface area contributed by atoms with Crippen molar-refractivity contribution < 1.29 is 9.53 Å². The average Bonchev–Trinajstić information content (AvgIpc) is 2.28. The normalized spacial score (nSPS) is 12.2. The Morgan fingerprint density at radius 3 is 2.88 bits per heavy atom. The molecule has 1 aromatic rings. The molecule has 3 N–H and O–H groups in total. The highest BCUT2D eigenvalue weighted by Gasteiger charge is 2.08. The van der Waals surface area contributed by atoms with Crippen LogP contribution in [0.15, 0.2) is 18.2 Å². The van der Waals surface area contributed by atoms with Crippen molar-refractivity contribution in [1.29, 1.82) is 0 Å². The van der Waals surface area contributed by atoms with E-state index < -0.39 is 5.91 Å². The maximum absolute atomic E-state index is 11.1. The summed E-state index contributed by atoms with van der Waals surface area (Å²) in [6, 6.07) is 5.39. The number of benzene rings is 1. The maximum atomic E-state index is 11.1. The number of rotatable bonds is 6. The lowest BCUT2D eigenvalue weighted by atomic mass is 10.1. The summed E-state index contributed by atoms with van der Waals surface area (Å²) in [5.41, 5.74) is 6.38. The Bertz CT molecular complexity index is 396. The van der Waals surface area contributed by atoms with Crippen LogP contribution in [0.3, 0.4) is 0 Å². The number of anilines is 1. The summed E-state index contributed by atoms with van der Waals surface area (Å²) in [5.74, 6) is -0.525. The Morgan fingerprint density at radius 2 is 2.29 bits per heavy atom. The van der Waals surface area contributed by atoms with Gasteiger partial charge < -0.3 is 15.8 Å². The first-order chi connectivity index (χ1) is 8.04. The summed E-state index contributed by atoms with van der Waals surface area (Å²) in [4.78, 5) is 11.1. The Labute approximate surface area is 106 Å². The van der Waals surface area contributed by atoms with E-state index in [1.807, 2.05) is 13.0 Å². The van der Waals surface area contributed by atoms with Gasteiger partial charge in [-0.05, 0) is 31.5 Å². The summed E-state index contributed by atoms with van der Waals surface area (Å²) in [6.07, 6.45) is 0.880. The SMILES string of the molecule is COCCC(C)Nc1ccc(Cl)c(C(N)=O)c1. The molecular weight excluding hydrogens is 240 g/mol. The second-order valence-corrected chi connectivity index (χ2v) is 4.29. The van der Waals surface area contributed by atoms with E-state index in [4.69, 9.17) is 22.1 Å². The first-order valence-corrected chi connectivity index (χ1v) is 5.77. The van der Waals surface area contributed by atoms with Crippen molar-refractivity contribution in [2.75, 3.05) is 19.0 Å². The van der Waals surface area contributed by atoms with Gasteiger partial charge >= 0.3 is 0 Å². The number of methoxy groups -OCH3 is 1. The number of ether oxygens (including phenoxy) is 1. The number of primary amides is 1. The van der Waals surface area contributed by atoms with Gasteiger partial charge in [0.15, 0.2) is 0 Å². The molecule has 1 unspecified atom stereocenters. The van der Waals surface area contributed by atoms with Gasteiger partial charge in [-0.15, -0.1) is 0 Å². The predicted molar refractivity (Wildman–Crippen MR) is 69.5 cm³/mol. The van der Waals surface area contributed by atoms with Gasteiger partial charge in [0.2, 0.25) is 5.91 Å². The molecule has 17 heavy (non-hydrogen) atoms. The smallest absolute Gasteiger partial charge is 0.250 e. The molecule has 0 aliphatic rings. The fourth-order valence-corrected chi connectivity index (χ4v) is 1.67. The molecule has 0 bridgehead atoms. The molecule has 1 rings (SSSR count). The molecule has 5 heteroatoms. The Kier molecular flexibility index (Phi) is 5.25. The minimum Gasteiger partial charge on any atom is -0.385 e. The van der Waals surface area contributed by atoms with Crippen molar-refractivity contribution in [3.8, 4) is 0 Å². The molecule has 94 valence electrons. The zero-order valence-electron chi connectivity index (χ0n) is 10.00. The second-order valence-electron chi connectivity index (χ2n) is 3.89. The van der Waals surface area contributed by atoms with E-state index in [0.717, 1.165) is 12.1 Å². The first-order valence-electron chi connectivity index (χ1n) is 5.39. The fraction of sp³-hybridized carbons (Fsp3) is 0.417. The van der Waals surface area contributed by atoms with Crippen LogP contribution in [0.1, 0.15) is 23.7 Å². The van der Waals surface area contributed by atoms with E-state index in [1.165, 1.54) is 0 Å². The lowest BCUT2D eigenvalue weighted by Gasteiger charge is -2.15. The standard InChI is InChI=1S/C12H17ClN2O2/c1-8(5-6-17-2)15-9-3-4-11(13)10(7-9)12(14)16/h3-4,7-8,15H,5-6H2,1-2H3,(H2,14,16). The van der Waals surface area contributed by atoms with Crippen LogP contribution in [-0.4, -0.2) is 25.7 Å². The highest BCUT2D eigenvalue weighted by Crippen LogP contribution is 2.20. The number of hydrogen-bond donors (Lipinski definition) is 2. The van der Waals surface area contributed by atoms with Crippen LogP contribution in [0.4, 0.5) is 5.69 Å². The van der Waals surface area contributed by atoms with Gasteiger partial charge in [-0.1, -0.05) is 11.6 Å². The van der Waals surface area contributed by atoms with Crippen molar-refractivity contribution in [2.24, 2.45) is 5.73 Å². The third-order valence-electron chi connectivity index (χ3n) is 2.40. The van der Waals surface area contributed by atoms with E-state index >= 15 is 0 Å². The van der Waals surface area contributed by atoms with Gasteiger partial charge in [0.05, 0.1) is 10.6 Å². The molecule has 0 saturated carbocycles. The van der Waals surface area contributed by atoms with Crippen molar-refractivity contribution in [3.63, 3.8) is 0 Å². The molecule has 0 heterocycles. The quantitative estimate of drug-likeness (QED) is 0.821. The summed E-state index contributed by atoms with van der Waals surface area (Å²) in [6.45, 7) is 2.72. The number of amides is 1. The Morgan fingerprint density at radius 1 is 1.59 bits per heavy atom. The minimum absolute atomic E-state index is 0.247. The zero-order valence-corrected chi connectivity index (χ0v) is 10.8. The van der Waals surface area contributed by atoms with Crippen molar-refractivity contribution >= 4 is 23.2 Å². The van der Waals surface area contributed by atoms with Gasteiger partial charge in [0, 0.05) is 25.4 Å². The summed E-state index contributed by atoms with van der Waals surface area (Å²) in [7, 11) is 1.67. The van der Waals surface area contributed by atoms with Crippen LogP contribution in [0.2, 0.25) is 5.02 Å². The Hall–Kier alpha value is -1.26. The van der Waals surface area contributed by atoms with Crippen LogP contribution in [-0.2, 0) is 4.74 Å². The van der Waals surface area contributed by atoms with Crippen molar-refractivity contribution in [3.05, 3.63) is 28.8 Å². The van der Waals surface area contributed by atoms with Gasteiger partial charge in [-0.2, -0.15) is 0 Å². The van der Waals surface area contributed by atoms with E-state index in [2.05, 4.69) is 5.32 Å². The average molecular weight is 257 g/mol. The molecule has 4 nitrogen and oxygen atoms in total. The molecule has 0 aromatic heterocycles. The largest absolute Gasteiger partial charge is 0.385 e. The number of carbonyl (C=O) groups is 1. The summed E-state index contributed by atoms with van der Waals surface area (Å²) >= 11 is 5.86. The van der Waals surface area contributed by atoms with E-state index in [-0.39, 0.29) is 6.04 Å². The van der Waals surface area contributed by atoms with Gasteiger partial charge in [0.1, 0.15) is 0 Å². The van der Waals surface area contributed by atoms with Crippen LogP contribution in [0.25, 0.3) is 0 Å². The zero-order chi connectivity index (χ0) is 12.8. The number of nitrogens with two attached hydrogens (primary N) is 1. The number of halogens is 1. The molecule has 0 saturated heterocycles. The van der Waals surface area contributed by atoms with Gasteiger partial charge in [-0.3, -0.25) is 4.79 Å². The van der Waals surface area contributed by atoms with Crippen molar-refractivity contribution in [1.82, 2.24) is 0 Å². The Balaban J connectivity index is 2.72. The molecule has 0 spiro atoms. The minimum atomic E-state index is -0.525. The van der Waals surface area contributed by atoms with Crippen LogP contribution < -0.4 is 11.1 Å². The summed E-state index contributed by atoms with van der Waals surface area (Å²) < 4.78 is 5.00. The lowest BCUT2D eigenvalue weighted by Crippen LogP contribution is -2.18. The molecule has 1 amide bonds. The van der Waals surface area contributed by atoms with E-state index in [0.29, 0.717) is 17.2 Å². The van der Waals surface area contributed by atoms with Gasteiger partial charge in [-0.25, -0.2) is 0 Å². The molecular formula is C12H17ClN2O2. The molecule has 1 atom stereocenters. The molecule has 0 aliphatic carbocycles. The lowest BCUT2D eigenvalue weighted by molar-refractivity contribution is 0.100. The fourth-order valence-electron chi connectivity index (χ4n) is 1.46. The molecule has 1 aromatic carbocycles. The molecule has 0 aliphatic heterocycles. The highest BCUT2D eigenvalue weighted by molar-refractivity contribution is 6.33. The molecule has 0 fully saturated rings. The highest BCUT2D eigenvalue weighted by atomic mass is 35.5. The second kappa shape index (κ2) is 6.47. The number of nitrogens with one attached hydrogen (secondary N) is 1. The van der Waals surface area contributed by atoms with Gasteiger partial charge in [0.25, 0.3) is 0 Å². The number of carbonyl (C=O) groups excluding carboxylic acids is 1. The summed E-state index contributed by atoms with van der Waals surface area (Å²) in [5, 5.41) is 3.62. The van der Waals surface area contributed by atoms with Crippen molar-refractivity contribution in [2.45, 2.75) is 19.4 Å². The van der Waals surface area contributed by atoms with E-state index in [1.54, 1.807) is 19.2 Å². The monoisotopic (exact) mass is 256 g/mol. The van der Waals surface area contributed by atoms with Crippen LogP contribution >= 0.6 is 11.6 Å². The topological polar surface area (TPSA) is 64.3 Å². The maximum Gasteiger partial charge on any atom is 0.250 e. The van der Waals surface area contributed by atoms with Crippen LogP contribution in [0, 0.1) is 0 Å². The number of hydrogen-bond acceptors (Lipinski definition) is 3. The third-order valence-corrected chi connectivity index (χ3v) is 2.73. The predicted octanol–water partition coefficient (Wildman–Crippen LogP) is 2.28. The molecule has 0 radical (unpaired) electrons.